The zero-order valence-corrected chi connectivity index (χ0v) is 11.0. The van der Waals surface area contributed by atoms with Crippen LogP contribution in [0.2, 0.25) is 0 Å². The molecule has 10 heteroatoms. The smallest absolute Gasteiger partial charge is 0.326 e. The van der Waals surface area contributed by atoms with E-state index in [1.165, 1.54) is 6.07 Å². The Morgan fingerprint density at radius 1 is 1.38 bits per heavy atom. The highest BCUT2D eigenvalue weighted by molar-refractivity contribution is 5.90. The van der Waals surface area contributed by atoms with Gasteiger partial charge in [0.2, 0.25) is 5.95 Å². The fourth-order valence-corrected chi connectivity index (χ4v) is 1.47. The van der Waals surface area contributed by atoms with Gasteiger partial charge in [0.1, 0.15) is 6.04 Å². The number of rotatable bonds is 6. The van der Waals surface area contributed by atoms with Crippen molar-refractivity contribution in [1.29, 1.82) is 0 Å². The van der Waals surface area contributed by atoms with Gasteiger partial charge in [-0.05, 0) is 13.3 Å². The summed E-state index contributed by atoms with van der Waals surface area (Å²) in [5.41, 5.74) is -0.104. The van der Waals surface area contributed by atoms with E-state index in [-0.39, 0.29) is 12.4 Å². The van der Waals surface area contributed by atoms with Gasteiger partial charge in [0.15, 0.2) is 0 Å². The average molecular weight is 298 g/mol. The molecule has 2 amide bonds. The maximum Gasteiger partial charge on any atom is 0.326 e. The predicted molar refractivity (Wildman–Crippen MR) is 70.0 cm³/mol. The minimum absolute atomic E-state index is 0.139. The van der Waals surface area contributed by atoms with E-state index >= 15 is 0 Å². The second-order valence-corrected chi connectivity index (χ2v) is 4.16. The number of aryl methyl sites for hydroxylation is 1. The van der Waals surface area contributed by atoms with Crippen LogP contribution in [0.15, 0.2) is 10.9 Å². The first-order valence-corrected chi connectivity index (χ1v) is 5.88. The summed E-state index contributed by atoms with van der Waals surface area (Å²) in [6, 6.07) is -1.06. The second-order valence-electron chi connectivity index (χ2n) is 4.16. The van der Waals surface area contributed by atoms with Crippen molar-refractivity contribution in [2.75, 3.05) is 5.32 Å². The Labute approximate surface area is 118 Å². The van der Waals surface area contributed by atoms with E-state index in [0.29, 0.717) is 5.69 Å². The van der Waals surface area contributed by atoms with E-state index in [1.807, 2.05) is 0 Å². The zero-order chi connectivity index (χ0) is 16.0. The number of urea groups is 1. The normalized spacial score (nSPS) is 11.5. The molecular formula is C11H14N4O6. The molecule has 1 unspecified atom stereocenters. The summed E-state index contributed by atoms with van der Waals surface area (Å²) >= 11 is 0. The number of amides is 2. The third-order valence-electron chi connectivity index (χ3n) is 2.35. The van der Waals surface area contributed by atoms with Crippen LogP contribution in [0, 0.1) is 6.92 Å². The summed E-state index contributed by atoms with van der Waals surface area (Å²) in [6.45, 7) is 1.55. The van der Waals surface area contributed by atoms with Crippen molar-refractivity contribution in [3.05, 3.63) is 22.1 Å². The van der Waals surface area contributed by atoms with Crippen molar-refractivity contribution >= 4 is 23.9 Å². The number of hydrogen-bond acceptors (Lipinski definition) is 5. The third-order valence-corrected chi connectivity index (χ3v) is 2.35. The van der Waals surface area contributed by atoms with Gasteiger partial charge >= 0.3 is 18.0 Å². The standard InChI is InChI=1S/C11H14N4O6/c1-5-4-7(16)14-10(12-5)15-11(21)13-6(9(19)20)2-3-8(17)18/h4,6H,2-3H2,1H3,(H,17,18)(H,19,20)(H3,12,13,14,15,16,21). The number of nitrogens with one attached hydrogen (secondary N) is 3. The topological polar surface area (TPSA) is 161 Å². The minimum atomic E-state index is -1.36. The molecule has 0 aromatic carbocycles. The van der Waals surface area contributed by atoms with E-state index < -0.39 is 36.0 Å². The average Bonchev–Trinajstić information content (AvgIpc) is 2.32. The molecule has 0 aliphatic rings. The molecule has 10 nitrogen and oxygen atoms in total. The molecule has 1 heterocycles. The van der Waals surface area contributed by atoms with Crippen LogP contribution in [-0.2, 0) is 9.59 Å². The van der Waals surface area contributed by atoms with E-state index in [0.717, 1.165) is 0 Å². The monoisotopic (exact) mass is 298 g/mol. The molecule has 0 fully saturated rings. The maximum absolute atomic E-state index is 11.6. The van der Waals surface area contributed by atoms with Crippen LogP contribution in [0.25, 0.3) is 0 Å². The number of aliphatic carboxylic acids is 2. The van der Waals surface area contributed by atoms with Crippen LogP contribution in [0.3, 0.4) is 0 Å². The maximum atomic E-state index is 11.6. The van der Waals surface area contributed by atoms with Crippen molar-refractivity contribution in [3.8, 4) is 0 Å². The second kappa shape index (κ2) is 7.03. The lowest BCUT2D eigenvalue weighted by atomic mass is 10.1. The van der Waals surface area contributed by atoms with E-state index in [2.05, 4.69) is 20.6 Å². The summed E-state index contributed by atoms with van der Waals surface area (Å²) in [4.78, 5) is 50.2. The Morgan fingerprint density at radius 3 is 2.57 bits per heavy atom. The third kappa shape index (κ3) is 5.72. The lowest BCUT2D eigenvalue weighted by Crippen LogP contribution is -2.43. The summed E-state index contributed by atoms with van der Waals surface area (Å²) in [6.07, 6.45) is -0.674. The van der Waals surface area contributed by atoms with Crippen LogP contribution >= 0.6 is 0 Å². The Kier molecular flexibility index (Phi) is 5.40. The largest absolute Gasteiger partial charge is 0.481 e. The summed E-state index contributed by atoms with van der Waals surface area (Å²) in [7, 11) is 0. The van der Waals surface area contributed by atoms with Gasteiger partial charge in [-0.15, -0.1) is 0 Å². The van der Waals surface area contributed by atoms with Gasteiger partial charge in [-0.25, -0.2) is 14.6 Å². The molecule has 0 aliphatic carbocycles. The van der Waals surface area contributed by atoms with Crippen molar-refractivity contribution in [1.82, 2.24) is 15.3 Å². The van der Waals surface area contributed by atoms with Gasteiger partial charge in [-0.2, -0.15) is 0 Å². The van der Waals surface area contributed by atoms with Crippen LogP contribution in [0.5, 0.6) is 0 Å². The predicted octanol–water partition coefficient (Wildman–Crippen LogP) is -0.482. The van der Waals surface area contributed by atoms with Gasteiger partial charge in [0.05, 0.1) is 0 Å². The van der Waals surface area contributed by atoms with Gasteiger partial charge in [-0.1, -0.05) is 0 Å². The minimum Gasteiger partial charge on any atom is -0.481 e. The van der Waals surface area contributed by atoms with Crippen LogP contribution in [0.4, 0.5) is 10.7 Å². The Balaban J connectivity index is 2.67. The van der Waals surface area contributed by atoms with E-state index in [1.54, 1.807) is 6.92 Å². The number of carboxylic acids is 2. The Hall–Kier alpha value is -2.91. The van der Waals surface area contributed by atoms with E-state index in [9.17, 15) is 19.2 Å². The number of hydrogen-bond donors (Lipinski definition) is 5. The number of H-pyrrole nitrogens is 1. The lowest BCUT2D eigenvalue weighted by Gasteiger charge is -2.13. The number of nitrogens with zero attached hydrogens (tertiary/aromatic N) is 1. The van der Waals surface area contributed by atoms with Crippen molar-refractivity contribution in [3.63, 3.8) is 0 Å². The van der Waals surface area contributed by atoms with Crippen LogP contribution < -0.4 is 16.2 Å². The molecule has 1 aromatic heterocycles. The molecule has 1 atom stereocenters. The lowest BCUT2D eigenvalue weighted by molar-refractivity contribution is -0.140. The molecule has 0 spiro atoms. The van der Waals surface area contributed by atoms with Gasteiger partial charge in [-0.3, -0.25) is 19.9 Å². The highest BCUT2D eigenvalue weighted by atomic mass is 16.4. The quantitative estimate of drug-likeness (QED) is 0.473. The first-order valence-electron chi connectivity index (χ1n) is 5.88. The van der Waals surface area contributed by atoms with Crippen molar-refractivity contribution in [2.24, 2.45) is 0 Å². The number of anilines is 1. The molecule has 1 rings (SSSR count). The summed E-state index contributed by atoms with van der Waals surface area (Å²) in [5, 5.41) is 21.6. The van der Waals surface area contributed by atoms with Crippen molar-refractivity contribution < 1.29 is 24.6 Å². The fraction of sp³-hybridized carbons (Fsp3) is 0.364. The molecule has 0 aliphatic heterocycles. The number of carbonyl (C=O) groups excluding carboxylic acids is 1. The number of aromatic amines is 1. The molecule has 114 valence electrons. The molecule has 0 saturated heterocycles. The number of aromatic nitrogens is 2. The Morgan fingerprint density at radius 2 is 2.05 bits per heavy atom. The zero-order valence-electron chi connectivity index (χ0n) is 11.0. The van der Waals surface area contributed by atoms with Crippen LogP contribution in [-0.4, -0.2) is 44.2 Å². The first-order chi connectivity index (χ1) is 9.77. The molecule has 21 heavy (non-hydrogen) atoms. The molecule has 0 radical (unpaired) electrons. The van der Waals surface area contributed by atoms with Crippen LogP contribution in [0.1, 0.15) is 18.5 Å². The highest BCUT2D eigenvalue weighted by Gasteiger charge is 2.21. The molecule has 5 N–H and O–H groups in total. The van der Waals surface area contributed by atoms with Crippen molar-refractivity contribution in [2.45, 2.75) is 25.8 Å². The number of carboxylic acid groups (broad SMARTS) is 2. The summed E-state index contributed by atoms with van der Waals surface area (Å²) < 4.78 is 0. The molecule has 0 saturated carbocycles. The molecule has 1 aromatic rings. The highest BCUT2D eigenvalue weighted by Crippen LogP contribution is 2.00. The molecule has 0 bridgehead atoms. The van der Waals surface area contributed by atoms with Gasteiger partial charge < -0.3 is 15.5 Å². The molecular weight excluding hydrogens is 284 g/mol. The van der Waals surface area contributed by atoms with E-state index in [4.69, 9.17) is 10.2 Å². The SMILES string of the molecule is Cc1cc(=O)[nH]c(NC(=O)NC(CCC(=O)O)C(=O)O)n1. The summed E-state index contributed by atoms with van der Waals surface area (Å²) in [5.74, 6) is -2.68. The van der Waals surface area contributed by atoms with Gasteiger partial charge in [0.25, 0.3) is 5.56 Å². The number of carbonyl (C=O) groups is 3. The Bertz CT molecular complexity index is 611. The fourth-order valence-electron chi connectivity index (χ4n) is 1.47. The first kappa shape index (κ1) is 16.1. The van der Waals surface area contributed by atoms with Gasteiger partial charge in [0, 0.05) is 18.2 Å².